The molecule has 0 radical (unpaired) electrons. The van der Waals surface area contributed by atoms with E-state index in [2.05, 4.69) is 12.2 Å². The van der Waals surface area contributed by atoms with Crippen LogP contribution in [-0.4, -0.2) is 29.2 Å². The van der Waals surface area contributed by atoms with E-state index < -0.39 is 11.0 Å². The van der Waals surface area contributed by atoms with Crippen molar-refractivity contribution in [3.8, 4) is 0 Å². The van der Waals surface area contributed by atoms with Crippen LogP contribution in [0, 0.1) is 17.3 Å². The van der Waals surface area contributed by atoms with Gasteiger partial charge in [0.25, 0.3) is 5.91 Å². The summed E-state index contributed by atoms with van der Waals surface area (Å²) in [5.74, 6) is 0.205. The van der Waals surface area contributed by atoms with E-state index in [1.807, 2.05) is 24.3 Å². The van der Waals surface area contributed by atoms with Crippen molar-refractivity contribution in [1.29, 1.82) is 0 Å². The lowest BCUT2D eigenvalue weighted by Gasteiger charge is -2.58. The van der Waals surface area contributed by atoms with E-state index in [9.17, 15) is 14.7 Å². The lowest BCUT2D eigenvalue weighted by Crippen LogP contribution is -2.58. The van der Waals surface area contributed by atoms with Gasteiger partial charge in [-0.3, -0.25) is 9.59 Å². The van der Waals surface area contributed by atoms with Gasteiger partial charge < -0.3 is 15.2 Å². The summed E-state index contributed by atoms with van der Waals surface area (Å²) in [6.45, 7) is 1.78. The Bertz CT molecular complexity index is 714. The predicted octanol–water partition coefficient (Wildman–Crippen LogP) is 3.06. The first kappa shape index (κ1) is 17.5. The smallest absolute Gasteiger partial charge is 0.312 e. The van der Waals surface area contributed by atoms with Crippen LogP contribution in [-0.2, 0) is 20.7 Å². The third kappa shape index (κ3) is 3.25. The van der Waals surface area contributed by atoms with Crippen molar-refractivity contribution in [2.75, 3.05) is 11.9 Å². The molecule has 4 bridgehead atoms. The van der Waals surface area contributed by atoms with Crippen molar-refractivity contribution in [1.82, 2.24) is 0 Å². The van der Waals surface area contributed by atoms with Crippen LogP contribution in [0.5, 0.6) is 0 Å². The molecule has 4 saturated carbocycles. The highest BCUT2D eigenvalue weighted by atomic mass is 16.5. The van der Waals surface area contributed by atoms with Gasteiger partial charge in [-0.25, -0.2) is 0 Å². The molecule has 140 valence electrons. The Balaban J connectivity index is 1.36. The van der Waals surface area contributed by atoms with Gasteiger partial charge in [0.05, 0.1) is 11.0 Å². The van der Waals surface area contributed by atoms with Crippen LogP contribution in [0.1, 0.15) is 51.0 Å². The number of esters is 1. The highest BCUT2D eigenvalue weighted by Crippen LogP contribution is 2.61. The average molecular weight is 357 g/mol. The molecule has 26 heavy (non-hydrogen) atoms. The van der Waals surface area contributed by atoms with Crippen LogP contribution < -0.4 is 5.32 Å². The van der Waals surface area contributed by atoms with Gasteiger partial charge in [0.1, 0.15) is 0 Å². The first-order valence-corrected chi connectivity index (χ1v) is 9.68. The maximum absolute atomic E-state index is 12.8. The van der Waals surface area contributed by atoms with Gasteiger partial charge in [0.2, 0.25) is 0 Å². The van der Waals surface area contributed by atoms with Crippen molar-refractivity contribution in [3.05, 3.63) is 29.8 Å². The topological polar surface area (TPSA) is 75.6 Å². The van der Waals surface area contributed by atoms with Crippen molar-refractivity contribution >= 4 is 17.6 Å². The minimum absolute atomic E-state index is 0.273. The van der Waals surface area contributed by atoms with Crippen molar-refractivity contribution in [2.45, 2.75) is 57.5 Å². The Morgan fingerprint density at radius 1 is 1.23 bits per heavy atom. The second-order valence-electron chi connectivity index (χ2n) is 8.64. The second kappa shape index (κ2) is 6.38. The molecule has 4 aliphatic rings. The van der Waals surface area contributed by atoms with Gasteiger partial charge in [0, 0.05) is 5.69 Å². The zero-order valence-corrected chi connectivity index (χ0v) is 15.3. The fraction of sp³-hybridized carbons (Fsp3) is 0.619. The number of aryl methyl sites for hydroxylation is 1. The van der Waals surface area contributed by atoms with Gasteiger partial charge in [-0.15, -0.1) is 0 Å². The van der Waals surface area contributed by atoms with Crippen LogP contribution in [0.2, 0.25) is 0 Å². The van der Waals surface area contributed by atoms with Gasteiger partial charge in [-0.2, -0.15) is 0 Å². The molecule has 4 fully saturated rings. The molecule has 1 amide bonds. The first-order valence-electron chi connectivity index (χ1n) is 9.68. The number of anilines is 1. The van der Waals surface area contributed by atoms with Crippen LogP contribution in [0.3, 0.4) is 0 Å². The Labute approximate surface area is 154 Å². The Hall–Kier alpha value is -1.88. The second-order valence-corrected chi connectivity index (χ2v) is 8.64. The Morgan fingerprint density at radius 2 is 1.96 bits per heavy atom. The van der Waals surface area contributed by atoms with Crippen LogP contribution >= 0.6 is 0 Å². The fourth-order valence-corrected chi connectivity index (χ4v) is 5.80. The van der Waals surface area contributed by atoms with E-state index in [1.54, 1.807) is 0 Å². The molecule has 0 aliphatic heterocycles. The van der Waals surface area contributed by atoms with E-state index in [0.717, 1.165) is 49.8 Å². The standard InChI is InChI=1S/C21H27NO4/c1-2-14-4-3-5-17(7-14)22-18(23)12-26-19(24)20-8-15-6-16(9-20)11-21(25,10-15)13-20/h3-5,7,15-16,25H,2,6,8-13H2,1H3,(H,22,23)/t15-,16+,20?,21?. The highest BCUT2D eigenvalue weighted by Gasteiger charge is 2.60. The Morgan fingerprint density at radius 3 is 2.62 bits per heavy atom. The Kier molecular flexibility index (Phi) is 4.30. The number of benzene rings is 1. The van der Waals surface area contributed by atoms with E-state index in [0.29, 0.717) is 18.3 Å². The fourth-order valence-electron chi connectivity index (χ4n) is 5.80. The molecule has 5 rings (SSSR count). The van der Waals surface area contributed by atoms with E-state index in [-0.39, 0.29) is 18.5 Å². The SMILES string of the molecule is CCc1cccc(NC(=O)COC(=O)C23C[C@@H]4C[C@@H](CC(O)(C4)C2)C3)c1. The number of amides is 1. The summed E-state index contributed by atoms with van der Waals surface area (Å²) in [5.41, 5.74) is 0.573. The minimum atomic E-state index is -0.702. The summed E-state index contributed by atoms with van der Waals surface area (Å²) >= 11 is 0. The molecule has 1 aromatic carbocycles. The summed E-state index contributed by atoms with van der Waals surface area (Å²) in [6.07, 6.45) is 5.72. The minimum Gasteiger partial charge on any atom is -0.455 e. The van der Waals surface area contributed by atoms with Crippen molar-refractivity contribution in [2.24, 2.45) is 17.3 Å². The third-order valence-electron chi connectivity index (χ3n) is 6.42. The lowest BCUT2D eigenvalue weighted by molar-refractivity contribution is -0.196. The summed E-state index contributed by atoms with van der Waals surface area (Å²) in [7, 11) is 0. The van der Waals surface area contributed by atoms with E-state index in [4.69, 9.17) is 4.74 Å². The zero-order valence-electron chi connectivity index (χ0n) is 15.3. The number of carbonyl (C=O) groups excluding carboxylic acids is 2. The molecule has 5 nitrogen and oxygen atoms in total. The van der Waals surface area contributed by atoms with Crippen LogP contribution in [0.25, 0.3) is 0 Å². The number of nitrogens with one attached hydrogen (secondary N) is 1. The first-order chi connectivity index (χ1) is 12.4. The molecule has 2 unspecified atom stereocenters. The zero-order chi connectivity index (χ0) is 18.4. The molecule has 0 saturated heterocycles. The molecule has 4 aliphatic carbocycles. The monoisotopic (exact) mass is 357 g/mol. The summed E-state index contributed by atoms with van der Waals surface area (Å²) < 4.78 is 5.40. The molecular formula is C21H27NO4. The predicted molar refractivity (Wildman–Crippen MR) is 97.5 cm³/mol. The summed E-state index contributed by atoms with van der Waals surface area (Å²) in [4.78, 5) is 25.0. The quantitative estimate of drug-likeness (QED) is 0.794. The van der Waals surface area contributed by atoms with Crippen molar-refractivity contribution in [3.63, 3.8) is 0 Å². The average Bonchev–Trinajstić information content (AvgIpc) is 2.57. The van der Waals surface area contributed by atoms with E-state index in [1.165, 1.54) is 0 Å². The van der Waals surface area contributed by atoms with Crippen LogP contribution in [0.15, 0.2) is 24.3 Å². The number of aliphatic hydroxyl groups is 1. The molecular weight excluding hydrogens is 330 g/mol. The normalized spacial score (nSPS) is 34.5. The van der Waals surface area contributed by atoms with Crippen LogP contribution in [0.4, 0.5) is 5.69 Å². The molecule has 0 spiro atoms. The highest BCUT2D eigenvalue weighted by molar-refractivity contribution is 5.93. The maximum Gasteiger partial charge on any atom is 0.312 e. The molecule has 0 heterocycles. The number of hydrogen-bond donors (Lipinski definition) is 2. The number of hydrogen-bond acceptors (Lipinski definition) is 4. The van der Waals surface area contributed by atoms with Gasteiger partial charge in [-0.1, -0.05) is 19.1 Å². The summed E-state index contributed by atoms with van der Waals surface area (Å²) in [6, 6.07) is 7.66. The van der Waals surface area contributed by atoms with Gasteiger partial charge in [0.15, 0.2) is 6.61 Å². The molecule has 2 N–H and O–H groups in total. The largest absolute Gasteiger partial charge is 0.455 e. The third-order valence-corrected chi connectivity index (χ3v) is 6.42. The molecule has 1 aromatic rings. The number of ether oxygens (including phenoxy) is 1. The van der Waals surface area contributed by atoms with Crippen molar-refractivity contribution < 1.29 is 19.4 Å². The van der Waals surface area contributed by atoms with E-state index >= 15 is 0 Å². The molecule has 0 aromatic heterocycles. The lowest BCUT2D eigenvalue weighted by atomic mass is 9.48. The number of rotatable bonds is 5. The molecule has 4 atom stereocenters. The number of carbonyl (C=O) groups is 2. The van der Waals surface area contributed by atoms with Gasteiger partial charge in [-0.05, 0) is 74.5 Å². The molecule has 5 heteroatoms. The van der Waals surface area contributed by atoms with Gasteiger partial charge >= 0.3 is 5.97 Å². The summed E-state index contributed by atoms with van der Waals surface area (Å²) in [5, 5.41) is 13.5. The maximum atomic E-state index is 12.8.